The minimum atomic E-state index is -0.424. The fourth-order valence-electron chi connectivity index (χ4n) is 5.17. The summed E-state index contributed by atoms with van der Waals surface area (Å²) in [5.74, 6) is 0. The number of rotatable bonds is 14. The Labute approximate surface area is 249 Å². The van der Waals surface area contributed by atoms with Crippen molar-refractivity contribution in [3.05, 3.63) is 156 Å². The van der Waals surface area contributed by atoms with Crippen molar-refractivity contribution in [2.24, 2.45) is 0 Å². The first-order valence-corrected chi connectivity index (χ1v) is 14.7. The minimum Gasteiger partial charge on any atom is -0.374 e. The van der Waals surface area contributed by atoms with Gasteiger partial charge in [0.25, 0.3) is 0 Å². The van der Waals surface area contributed by atoms with Crippen LogP contribution in [0.2, 0.25) is 0 Å². The van der Waals surface area contributed by atoms with Gasteiger partial charge in [-0.15, -0.1) is 0 Å². The number of benzene rings is 4. The number of ether oxygens (including phenoxy) is 5. The van der Waals surface area contributed by atoms with Crippen molar-refractivity contribution in [2.45, 2.75) is 63.9 Å². The summed E-state index contributed by atoms with van der Waals surface area (Å²) in [6.07, 6.45) is 2.13. The van der Waals surface area contributed by atoms with Gasteiger partial charge in [-0.3, -0.25) is 0 Å². The highest BCUT2D eigenvalue weighted by Gasteiger charge is 2.47. The van der Waals surface area contributed by atoms with E-state index >= 15 is 0 Å². The number of hydrogen-bond acceptors (Lipinski definition) is 5. The molecule has 4 aromatic carbocycles. The average molecular weight is 565 g/mol. The maximum absolute atomic E-state index is 6.72. The van der Waals surface area contributed by atoms with Crippen LogP contribution in [0.3, 0.4) is 0 Å². The molecule has 0 aromatic heterocycles. The lowest BCUT2D eigenvalue weighted by Crippen LogP contribution is -2.60. The predicted molar refractivity (Wildman–Crippen MR) is 165 cm³/mol. The summed E-state index contributed by atoms with van der Waals surface area (Å²) in [7, 11) is 0. The van der Waals surface area contributed by atoms with E-state index in [1.807, 2.05) is 91.9 Å². The zero-order chi connectivity index (χ0) is 28.8. The summed E-state index contributed by atoms with van der Waals surface area (Å²) < 4.78 is 32.9. The molecule has 5 nitrogen and oxygen atoms in total. The lowest BCUT2D eigenvalue weighted by Gasteiger charge is -2.45. The first kappa shape index (κ1) is 29.9. The molecule has 0 bridgehead atoms. The normalized spacial score (nSPS) is 22.4. The second-order valence-corrected chi connectivity index (χ2v) is 10.4. The highest BCUT2D eigenvalue weighted by Crippen LogP contribution is 2.31. The summed E-state index contributed by atoms with van der Waals surface area (Å²) in [4.78, 5) is 0. The van der Waals surface area contributed by atoms with Gasteiger partial charge in [0.15, 0.2) is 0 Å². The molecule has 2 unspecified atom stereocenters. The summed E-state index contributed by atoms with van der Waals surface area (Å²) in [6, 6.07) is 40.8. The van der Waals surface area contributed by atoms with Crippen molar-refractivity contribution in [2.75, 3.05) is 6.61 Å². The van der Waals surface area contributed by atoms with E-state index < -0.39 is 18.3 Å². The molecule has 0 amide bonds. The molecule has 5 rings (SSSR count). The molecule has 0 spiro atoms. The molecule has 1 saturated heterocycles. The van der Waals surface area contributed by atoms with Crippen molar-refractivity contribution in [3.63, 3.8) is 0 Å². The Kier molecular flexibility index (Phi) is 11.5. The molecule has 218 valence electrons. The van der Waals surface area contributed by atoms with Crippen LogP contribution in [0.15, 0.2) is 133 Å². The Balaban J connectivity index is 1.41. The molecule has 1 fully saturated rings. The predicted octanol–water partition coefficient (Wildman–Crippen LogP) is 7.30. The third kappa shape index (κ3) is 8.71. The molecule has 1 heterocycles. The van der Waals surface area contributed by atoms with E-state index in [-0.39, 0.29) is 12.2 Å². The van der Waals surface area contributed by atoms with Crippen LogP contribution in [0.1, 0.15) is 29.2 Å². The summed E-state index contributed by atoms with van der Waals surface area (Å²) in [6.45, 7) is 4.14. The molecule has 42 heavy (non-hydrogen) atoms. The standard InChI is InChI=1S/C37H40O5/c1-2-15-33-35(39-25-30-18-9-4-10-19-30)37(41-27-32-22-13-6-14-23-32)36(40-26-31-20-11-5-12-21-31)34(42-33)28-38-24-29-16-7-3-8-17-29/h2-23,33-37H,24-28H2,1H3/t33-,34?,35?,36+,37+/m1/s1. The lowest BCUT2D eigenvalue weighted by atomic mass is 9.93. The third-order valence-corrected chi connectivity index (χ3v) is 7.30. The van der Waals surface area contributed by atoms with Gasteiger partial charge in [0.1, 0.15) is 30.5 Å². The Morgan fingerprint density at radius 1 is 0.524 bits per heavy atom. The maximum Gasteiger partial charge on any atom is 0.116 e. The van der Waals surface area contributed by atoms with Crippen LogP contribution in [-0.2, 0) is 50.1 Å². The summed E-state index contributed by atoms with van der Waals surface area (Å²) in [5, 5.41) is 0. The van der Waals surface area contributed by atoms with E-state index in [0.29, 0.717) is 33.0 Å². The zero-order valence-corrected chi connectivity index (χ0v) is 24.2. The molecule has 1 aliphatic rings. The smallest absolute Gasteiger partial charge is 0.116 e. The average Bonchev–Trinajstić information content (AvgIpc) is 3.05. The van der Waals surface area contributed by atoms with Crippen molar-refractivity contribution in [3.8, 4) is 0 Å². The van der Waals surface area contributed by atoms with E-state index in [2.05, 4.69) is 48.5 Å². The fraction of sp³-hybridized carbons (Fsp3) is 0.297. The molecular weight excluding hydrogens is 524 g/mol. The molecule has 0 aliphatic carbocycles. The van der Waals surface area contributed by atoms with Crippen LogP contribution >= 0.6 is 0 Å². The van der Waals surface area contributed by atoms with Crippen LogP contribution in [0.5, 0.6) is 0 Å². The van der Waals surface area contributed by atoms with E-state index in [0.717, 1.165) is 22.3 Å². The van der Waals surface area contributed by atoms with Gasteiger partial charge >= 0.3 is 0 Å². The molecule has 4 aromatic rings. The number of allylic oxidation sites excluding steroid dienone is 1. The maximum atomic E-state index is 6.72. The molecule has 0 radical (unpaired) electrons. The lowest BCUT2D eigenvalue weighted by molar-refractivity contribution is -0.263. The van der Waals surface area contributed by atoms with Gasteiger partial charge in [-0.2, -0.15) is 0 Å². The van der Waals surface area contributed by atoms with Gasteiger partial charge in [-0.25, -0.2) is 0 Å². The Morgan fingerprint density at radius 3 is 1.38 bits per heavy atom. The zero-order valence-electron chi connectivity index (χ0n) is 24.2. The molecule has 5 heteroatoms. The van der Waals surface area contributed by atoms with Crippen molar-refractivity contribution < 1.29 is 23.7 Å². The van der Waals surface area contributed by atoms with Gasteiger partial charge in [-0.1, -0.05) is 133 Å². The van der Waals surface area contributed by atoms with E-state index in [9.17, 15) is 0 Å². The van der Waals surface area contributed by atoms with E-state index in [4.69, 9.17) is 23.7 Å². The Morgan fingerprint density at radius 2 is 0.929 bits per heavy atom. The van der Waals surface area contributed by atoms with Crippen LogP contribution in [0.4, 0.5) is 0 Å². The van der Waals surface area contributed by atoms with Crippen LogP contribution < -0.4 is 0 Å². The SMILES string of the molecule is CC=C[C@H]1OC(COCc2ccccc2)[C@H](OCc2ccccc2)[C@@H](OCc2ccccc2)C1OCc1ccccc1. The minimum absolute atomic E-state index is 0.332. The van der Waals surface area contributed by atoms with Gasteiger partial charge < -0.3 is 23.7 Å². The molecule has 5 atom stereocenters. The van der Waals surface area contributed by atoms with Crippen molar-refractivity contribution in [1.82, 2.24) is 0 Å². The summed E-state index contributed by atoms with van der Waals surface area (Å²) in [5.41, 5.74) is 4.38. The van der Waals surface area contributed by atoms with Crippen molar-refractivity contribution in [1.29, 1.82) is 0 Å². The van der Waals surface area contributed by atoms with Crippen LogP contribution in [0.25, 0.3) is 0 Å². The van der Waals surface area contributed by atoms with Gasteiger partial charge in [-0.05, 0) is 29.2 Å². The molecular formula is C37H40O5. The van der Waals surface area contributed by atoms with E-state index in [1.54, 1.807) is 0 Å². The topological polar surface area (TPSA) is 46.2 Å². The highest BCUT2D eigenvalue weighted by molar-refractivity contribution is 5.17. The molecule has 0 N–H and O–H groups in total. The quantitative estimate of drug-likeness (QED) is 0.150. The van der Waals surface area contributed by atoms with Crippen LogP contribution in [0, 0.1) is 0 Å². The monoisotopic (exact) mass is 564 g/mol. The largest absolute Gasteiger partial charge is 0.374 e. The first-order chi connectivity index (χ1) is 20.8. The van der Waals surface area contributed by atoms with Gasteiger partial charge in [0.2, 0.25) is 0 Å². The Bertz CT molecular complexity index is 1310. The van der Waals surface area contributed by atoms with Gasteiger partial charge in [0.05, 0.1) is 33.0 Å². The third-order valence-electron chi connectivity index (χ3n) is 7.30. The second-order valence-electron chi connectivity index (χ2n) is 10.4. The molecule has 0 saturated carbocycles. The van der Waals surface area contributed by atoms with Crippen molar-refractivity contribution >= 4 is 0 Å². The highest BCUT2D eigenvalue weighted by atomic mass is 16.6. The van der Waals surface area contributed by atoms with Crippen LogP contribution in [-0.4, -0.2) is 37.1 Å². The van der Waals surface area contributed by atoms with Gasteiger partial charge in [0, 0.05) is 0 Å². The summed E-state index contributed by atoms with van der Waals surface area (Å²) >= 11 is 0. The first-order valence-electron chi connectivity index (χ1n) is 14.7. The second kappa shape index (κ2) is 16.2. The Hall–Kier alpha value is -3.58. The fourth-order valence-corrected chi connectivity index (χ4v) is 5.17. The molecule has 1 aliphatic heterocycles. The number of hydrogen-bond donors (Lipinski definition) is 0. The van der Waals surface area contributed by atoms with E-state index in [1.165, 1.54) is 0 Å².